The molecule has 8 heteroatoms. The Bertz CT molecular complexity index is 370. The largest absolute Gasteiger partial charge is 1.00 e. The van der Waals surface area contributed by atoms with Crippen LogP contribution in [0.2, 0.25) is 0 Å². The monoisotopic (exact) mass is 243 g/mol. The first-order valence-electron chi connectivity index (χ1n) is 3.78. The summed E-state index contributed by atoms with van der Waals surface area (Å²) in [5, 5.41) is 10.2. The van der Waals surface area contributed by atoms with E-state index in [1.807, 2.05) is 0 Å². The SMILES string of the molecule is O=C([O-])Cc1cccc(OC(F)(F)F)n1.[Na+]. The van der Waals surface area contributed by atoms with Crippen LogP contribution in [0.3, 0.4) is 0 Å². The van der Waals surface area contributed by atoms with Crippen LogP contribution < -0.4 is 39.4 Å². The molecule has 0 saturated heterocycles. The molecule has 0 aliphatic heterocycles. The number of carbonyl (C=O) groups is 1. The van der Waals surface area contributed by atoms with Crippen LogP contribution in [-0.4, -0.2) is 17.3 Å². The van der Waals surface area contributed by atoms with Crippen LogP contribution >= 0.6 is 0 Å². The first-order valence-corrected chi connectivity index (χ1v) is 3.78. The Balaban J connectivity index is 0.00000225. The smallest absolute Gasteiger partial charge is 0.550 e. The van der Waals surface area contributed by atoms with Crippen LogP contribution in [0.15, 0.2) is 18.2 Å². The quantitative estimate of drug-likeness (QED) is 0.541. The first kappa shape index (κ1) is 15.2. The second kappa shape index (κ2) is 6.07. The van der Waals surface area contributed by atoms with Gasteiger partial charge >= 0.3 is 35.9 Å². The van der Waals surface area contributed by atoms with E-state index in [1.165, 1.54) is 12.1 Å². The maximum absolute atomic E-state index is 11.7. The van der Waals surface area contributed by atoms with Gasteiger partial charge in [0.2, 0.25) is 5.88 Å². The molecule has 1 aromatic rings. The number of pyridine rings is 1. The van der Waals surface area contributed by atoms with Crippen LogP contribution in [0.4, 0.5) is 13.2 Å². The van der Waals surface area contributed by atoms with Gasteiger partial charge in [-0.3, -0.25) is 0 Å². The zero-order valence-corrected chi connectivity index (χ0v) is 10.2. The zero-order chi connectivity index (χ0) is 11.5. The second-order valence-electron chi connectivity index (χ2n) is 2.56. The molecule has 0 bridgehead atoms. The van der Waals surface area contributed by atoms with E-state index in [-0.39, 0.29) is 35.3 Å². The molecule has 0 aliphatic rings. The molecule has 1 rings (SSSR count). The van der Waals surface area contributed by atoms with Gasteiger partial charge in [0.05, 0.1) is 5.69 Å². The average Bonchev–Trinajstić information content (AvgIpc) is 1.99. The summed E-state index contributed by atoms with van der Waals surface area (Å²) in [7, 11) is 0. The summed E-state index contributed by atoms with van der Waals surface area (Å²) in [4.78, 5) is 13.5. The minimum Gasteiger partial charge on any atom is -0.550 e. The Morgan fingerprint density at radius 1 is 1.44 bits per heavy atom. The van der Waals surface area contributed by atoms with Crippen molar-refractivity contribution in [1.29, 1.82) is 0 Å². The van der Waals surface area contributed by atoms with E-state index in [4.69, 9.17) is 0 Å². The summed E-state index contributed by atoms with van der Waals surface area (Å²) in [6.45, 7) is 0. The van der Waals surface area contributed by atoms with Gasteiger partial charge in [0.25, 0.3) is 0 Å². The van der Waals surface area contributed by atoms with E-state index < -0.39 is 24.6 Å². The van der Waals surface area contributed by atoms with E-state index in [9.17, 15) is 23.1 Å². The molecule has 0 atom stereocenters. The standard InChI is InChI=1S/C8H6F3NO3.Na/c9-8(10,11)15-6-3-1-2-5(12-6)4-7(13)14;/h1-3H,4H2,(H,13,14);/q;+1/p-1. The van der Waals surface area contributed by atoms with Gasteiger partial charge < -0.3 is 14.6 Å². The number of aromatic nitrogens is 1. The number of carboxylic acid groups (broad SMARTS) is 1. The molecule has 0 amide bonds. The minimum absolute atomic E-state index is 0. The van der Waals surface area contributed by atoms with Crippen molar-refractivity contribution in [2.75, 3.05) is 0 Å². The van der Waals surface area contributed by atoms with Crippen molar-refractivity contribution < 1.29 is 57.4 Å². The number of carboxylic acids is 1. The summed E-state index contributed by atoms with van der Waals surface area (Å²) >= 11 is 0. The van der Waals surface area contributed by atoms with Gasteiger partial charge in [0.1, 0.15) is 0 Å². The van der Waals surface area contributed by atoms with Gasteiger partial charge in [0.15, 0.2) is 0 Å². The van der Waals surface area contributed by atoms with Gasteiger partial charge in [-0.15, -0.1) is 13.2 Å². The molecule has 0 aromatic carbocycles. The summed E-state index contributed by atoms with van der Waals surface area (Å²) in [5.74, 6) is -2.12. The number of halogens is 3. The van der Waals surface area contributed by atoms with Crippen molar-refractivity contribution >= 4 is 5.97 Å². The molecule has 0 N–H and O–H groups in total. The number of alkyl halides is 3. The van der Waals surface area contributed by atoms with Crippen molar-refractivity contribution in [3.05, 3.63) is 23.9 Å². The van der Waals surface area contributed by atoms with Crippen LogP contribution in [0.5, 0.6) is 5.88 Å². The predicted molar refractivity (Wildman–Crippen MR) is 39.6 cm³/mol. The zero-order valence-electron chi connectivity index (χ0n) is 8.25. The first-order chi connectivity index (χ1) is 6.87. The topological polar surface area (TPSA) is 62.2 Å². The molecular formula is C8H5F3NNaO3. The summed E-state index contributed by atoms with van der Waals surface area (Å²) in [5.41, 5.74) is -0.0586. The summed E-state index contributed by atoms with van der Waals surface area (Å²) in [6, 6.07) is 3.46. The van der Waals surface area contributed by atoms with Crippen molar-refractivity contribution in [3.8, 4) is 5.88 Å². The normalized spacial score (nSPS) is 10.4. The van der Waals surface area contributed by atoms with Crippen molar-refractivity contribution in [1.82, 2.24) is 4.98 Å². The van der Waals surface area contributed by atoms with Crippen LogP contribution in [0, 0.1) is 0 Å². The summed E-state index contributed by atoms with van der Waals surface area (Å²) < 4.78 is 38.7. The Hall–Kier alpha value is -0.790. The molecule has 16 heavy (non-hydrogen) atoms. The third-order valence-corrected chi connectivity index (χ3v) is 1.33. The molecule has 0 unspecified atom stereocenters. The molecule has 4 nitrogen and oxygen atoms in total. The third-order valence-electron chi connectivity index (χ3n) is 1.33. The second-order valence-corrected chi connectivity index (χ2v) is 2.56. The van der Waals surface area contributed by atoms with E-state index in [0.29, 0.717) is 0 Å². The van der Waals surface area contributed by atoms with Crippen molar-refractivity contribution in [2.24, 2.45) is 0 Å². The number of rotatable bonds is 3. The Labute approximate surface area is 111 Å². The molecular weight excluding hydrogens is 238 g/mol. The van der Waals surface area contributed by atoms with E-state index in [1.54, 1.807) is 0 Å². The van der Waals surface area contributed by atoms with Gasteiger partial charge in [-0.2, -0.15) is 0 Å². The van der Waals surface area contributed by atoms with Crippen LogP contribution in [0.25, 0.3) is 0 Å². The fraction of sp³-hybridized carbons (Fsp3) is 0.250. The average molecular weight is 243 g/mol. The fourth-order valence-electron chi connectivity index (χ4n) is 0.879. The third kappa shape index (κ3) is 5.94. The van der Waals surface area contributed by atoms with E-state index in [2.05, 4.69) is 9.72 Å². The minimum atomic E-state index is -4.84. The van der Waals surface area contributed by atoms with Crippen LogP contribution in [-0.2, 0) is 11.2 Å². The summed E-state index contributed by atoms with van der Waals surface area (Å²) in [6.07, 6.45) is -5.40. The number of carbonyl (C=O) groups excluding carboxylic acids is 1. The fourth-order valence-corrected chi connectivity index (χ4v) is 0.879. The Kier molecular flexibility index (Phi) is 5.77. The number of hydrogen-bond donors (Lipinski definition) is 0. The molecule has 82 valence electrons. The Morgan fingerprint density at radius 3 is 2.56 bits per heavy atom. The van der Waals surface area contributed by atoms with Crippen molar-refractivity contribution in [2.45, 2.75) is 12.8 Å². The molecule has 0 spiro atoms. The number of nitrogens with zero attached hydrogens (tertiary/aromatic N) is 1. The predicted octanol–water partition coefficient (Wildman–Crippen LogP) is -2.72. The van der Waals surface area contributed by atoms with Crippen LogP contribution in [0.1, 0.15) is 5.69 Å². The maximum Gasteiger partial charge on any atom is 1.00 e. The molecule has 0 saturated carbocycles. The van der Waals surface area contributed by atoms with E-state index in [0.717, 1.165) is 6.07 Å². The van der Waals surface area contributed by atoms with Gasteiger partial charge in [-0.1, -0.05) is 6.07 Å². The Morgan fingerprint density at radius 2 is 2.06 bits per heavy atom. The molecule has 1 aromatic heterocycles. The molecule has 0 fully saturated rings. The maximum atomic E-state index is 11.7. The number of ether oxygens (including phenoxy) is 1. The van der Waals surface area contributed by atoms with Gasteiger partial charge in [-0.25, -0.2) is 4.98 Å². The molecule has 1 heterocycles. The number of aliphatic carboxylic acids is 1. The van der Waals surface area contributed by atoms with Crippen molar-refractivity contribution in [3.63, 3.8) is 0 Å². The van der Waals surface area contributed by atoms with E-state index >= 15 is 0 Å². The number of hydrogen-bond acceptors (Lipinski definition) is 4. The van der Waals surface area contributed by atoms with Gasteiger partial charge in [0, 0.05) is 18.5 Å². The molecule has 0 radical (unpaired) electrons. The van der Waals surface area contributed by atoms with Gasteiger partial charge in [-0.05, 0) is 6.07 Å². The molecule has 0 aliphatic carbocycles.